The van der Waals surface area contributed by atoms with Crippen LogP contribution in [0.25, 0.3) is 0 Å². The Kier molecular flexibility index (Phi) is 3.43. The highest BCUT2D eigenvalue weighted by molar-refractivity contribution is 5.76. The lowest BCUT2D eigenvalue weighted by Gasteiger charge is -2.32. The fourth-order valence-electron chi connectivity index (χ4n) is 2.00. The highest BCUT2D eigenvalue weighted by Gasteiger charge is 2.20. The Morgan fingerprint density at radius 3 is 2.47 bits per heavy atom. The van der Waals surface area contributed by atoms with Crippen LogP contribution in [0.2, 0.25) is 0 Å². The molecule has 2 amide bonds. The number of nitrogens with one attached hydrogen (secondary N) is 1. The molecule has 0 aromatic carbocycles. The first kappa shape index (κ1) is 10.7. The van der Waals surface area contributed by atoms with E-state index in [1.807, 2.05) is 4.90 Å². The first-order valence-electron chi connectivity index (χ1n) is 5.56. The van der Waals surface area contributed by atoms with Gasteiger partial charge in [-0.15, -0.1) is 0 Å². The normalized spacial score (nSPS) is 24.6. The number of carbonyl (C=O) groups is 1. The van der Waals surface area contributed by atoms with E-state index in [1.54, 1.807) is 0 Å². The zero-order valence-electron chi connectivity index (χ0n) is 9.11. The molecule has 2 fully saturated rings. The molecule has 1 N–H and O–H groups in total. The van der Waals surface area contributed by atoms with Gasteiger partial charge in [-0.1, -0.05) is 0 Å². The number of carbonyl (C=O) groups excluding carboxylic acids is 1. The molecule has 85 valence electrons. The van der Waals surface area contributed by atoms with Crippen LogP contribution in [0, 0.1) is 7.05 Å². The third-order valence-corrected chi connectivity index (χ3v) is 3.10. The molecule has 2 aliphatic rings. The summed E-state index contributed by atoms with van der Waals surface area (Å²) in [5.41, 5.74) is 0. The van der Waals surface area contributed by atoms with Gasteiger partial charge < -0.3 is 10.2 Å². The van der Waals surface area contributed by atoms with E-state index >= 15 is 0 Å². The van der Waals surface area contributed by atoms with Crippen LogP contribution in [-0.2, 0) is 0 Å². The highest BCUT2D eigenvalue weighted by atomic mass is 16.2. The molecule has 2 heterocycles. The molecule has 5 nitrogen and oxygen atoms in total. The summed E-state index contributed by atoms with van der Waals surface area (Å²) >= 11 is 0. The third kappa shape index (κ3) is 2.82. The molecule has 0 atom stereocenters. The van der Waals surface area contributed by atoms with E-state index in [0.29, 0.717) is 0 Å². The summed E-state index contributed by atoms with van der Waals surface area (Å²) in [6.45, 7) is 7.69. The van der Waals surface area contributed by atoms with Gasteiger partial charge in [-0.25, -0.2) is 4.79 Å². The molecule has 0 aromatic heterocycles. The van der Waals surface area contributed by atoms with E-state index in [-0.39, 0.29) is 6.03 Å². The Labute approximate surface area is 91.0 Å². The monoisotopic (exact) mass is 211 g/mol. The van der Waals surface area contributed by atoms with E-state index in [1.165, 1.54) is 0 Å². The second kappa shape index (κ2) is 4.81. The SMILES string of the molecule is [CH2]N1CCN(CCN2CCNC2=O)CC1. The van der Waals surface area contributed by atoms with Crippen LogP contribution in [0.3, 0.4) is 0 Å². The minimum atomic E-state index is 0.0887. The van der Waals surface area contributed by atoms with Crippen molar-refractivity contribution in [3.05, 3.63) is 7.05 Å². The molecule has 5 heteroatoms. The van der Waals surface area contributed by atoms with Crippen molar-refractivity contribution >= 4 is 6.03 Å². The van der Waals surface area contributed by atoms with Crippen molar-refractivity contribution in [1.29, 1.82) is 0 Å². The van der Waals surface area contributed by atoms with Gasteiger partial charge in [0.05, 0.1) is 0 Å². The second-order valence-corrected chi connectivity index (χ2v) is 4.18. The van der Waals surface area contributed by atoms with Gasteiger partial charge in [-0.2, -0.15) is 0 Å². The molecule has 0 spiro atoms. The zero-order chi connectivity index (χ0) is 10.7. The maximum absolute atomic E-state index is 11.3. The Balaban J connectivity index is 1.67. The molecular formula is C10H19N4O. The molecule has 1 radical (unpaired) electrons. The fraction of sp³-hybridized carbons (Fsp3) is 0.800. The summed E-state index contributed by atoms with van der Waals surface area (Å²) in [5.74, 6) is 0. The lowest BCUT2D eigenvalue weighted by atomic mass is 10.3. The summed E-state index contributed by atoms with van der Waals surface area (Å²) in [7, 11) is 3.91. The first-order valence-corrected chi connectivity index (χ1v) is 5.56. The molecule has 0 saturated carbocycles. The van der Waals surface area contributed by atoms with Gasteiger partial charge in [0.2, 0.25) is 0 Å². The molecule has 15 heavy (non-hydrogen) atoms. The van der Waals surface area contributed by atoms with E-state index in [9.17, 15) is 4.79 Å². The minimum absolute atomic E-state index is 0.0887. The Bertz CT molecular complexity index is 225. The lowest BCUT2D eigenvalue weighted by Crippen LogP contribution is -2.46. The largest absolute Gasteiger partial charge is 0.336 e. The van der Waals surface area contributed by atoms with Gasteiger partial charge in [0.1, 0.15) is 0 Å². The summed E-state index contributed by atoms with van der Waals surface area (Å²) < 4.78 is 0. The van der Waals surface area contributed by atoms with Gasteiger partial charge >= 0.3 is 6.03 Å². The lowest BCUT2D eigenvalue weighted by molar-refractivity contribution is 0.152. The molecule has 2 rings (SSSR count). The van der Waals surface area contributed by atoms with E-state index in [0.717, 1.165) is 52.4 Å². The van der Waals surface area contributed by atoms with Gasteiger partial charge in [0, 0.05) is 59.4 Å². The average molecular weight is 211 g/mol. The van der Waals surface area contributed by atoms with Crippen LogP contribution in [-0.4, -0.2) is 73.1 Å². The molecular weight excluding hydrogens is 192 g/mol. The predicted octanol–water partition coefficient (Wildman–Crippen LogP) is -0.579. The molecule has 0 bridgehead atoms. The van der Waals surface area contributed by atoms with Crippen LogP contribution < -0.4 is 5.32 Å². The number of hydrogen-bond acceptors (Lipinski definition) is 3. The van der Waals surface area contributed by atoms with Crippen LogP contribution in [0.4, 0.5) is 4.79 Å². The highest BCUT2D eigenvalue weighted by Crippen LogP contribution is 2.02. The number of nitrogens with zero attached hydrogens (tertiary/aromatic N) is 3. The Hall–Kier alpha value is -0.810. The first-order chi connectivity index (χ1) is 7.25. The van der Waals surface area contributed by atoms with Gasteiger partial charge in [0.25, 0.3) is 0 Å². The van der Waals surface area contributed by atoms with Crippen molar-refractivity contribution in [3.8, 4) is 0 Å². The van der Waals surface area contributed by atoms with Crippen molar-refractivity contribution in [2.75, 3.05) is 52.4 Å². The number of piperazine rings is 1. The van der Waals surface area contributed by atoms with Crippen molar-refractivity contribution in [2.45, 2.75) is 0 Å². The van der Waals surface area contributed by atoms with Crippen molar-refractivity contribution in [3.63, 3.8) is 0 Å². The maximum Gasteiger partial charge on any atom is 0.317 e. The van der Waals surface area contributed by atoms with Gasteiger partial charge in [-0.05, 0) is 0 Å². The minimum Gasteiger partial charge on any atom is -0.336 e. The predicted molar refractivity (Wildman–Crippen MR) is 58.3 cm³/mol. The van der Waals surface area contributed by atoms with Crippen LogP contribution in [0.5, 0.6) is 0 Å². The Morgan fingerprint density at radius 2 is 1.87 bits per heavy atom. The quantitative estimate of drug-likeness (QED) is 0.679. The van der Waals surface area contributed by atoms with Gasteiger partial charge in [-0.3, -0.25) is 9.80 Å². The smallest absolute Gasteiger partial charge is 0.317 e. The van der Waals surface area contributed by atoms with Crippen LogP contribution >= 0.6 is 0 Å². The molecule has 2 saturated heterocycles. The number of amides is 2. The topological polar surface area (TPSA) is 38.8 Å². The summed E-state index contributed by atoms with van der Waals surface area (Å²) in [6, 6.07) is 0.0887. The molecule has 0 aromatic rings. The standard InChI is InChI=1S/C10H19N4O/c1-12-4-6-13(7-5-12)8-9-14-3-2-11-10(14)15/h1-9H2,(H,11,15). The summed E-state index contributed by atoms with van der Waals surface area (Å²) in [6.07, 6.45) is 0. The fourth-order valence-corrected chi connectivity index (χ4v) is 2.00. The molecule has 2 aliphatic heterocycles. The number of hydrogen-bond donors (Lipinski definition) is 1. The van der Waals surface area contributed by atoms with Crippen molar-refractivity contribution < 1.29 is 4.79 Å². The number of urea groups is 1. The maximum atomic E-state index is 11.3. The van der Waals surface area contributed by atoms with Crippen molar-refractivity contribution in [2.24, 2.45) is 0 Å². The van der Waals surface area contributed by atoms with Crippen molar-refractivity contribution in [1.82, 2.24) is 20.0 Å². The van der Waals surface area contributed by atoms with E-state index in [2.05, 4.69) is 22.2 Å². The molecule has 0 unspecified atom stereocenters. The Morgan fingerprint density at radius 1 is 1.13 bits per heavy atom. The number of rotatable bonds is 3. The van der Waals surface area contributed by atoms with Gasteiger partial charge in [0.15, 0.2) is 0 Å². The molecule has 0 aliphatic carbocycles. The van der Waals surface area contributed by atoms with Crippen LogP contribution in [0.15, 0.2) is 0 Å². The summed E-state index contributed by atoms with van der Waals surface area (Å²) in [5, 5.41) is 2.81. The average Bonchev–Trinajstić information content (AvgIpc) is 2.63. The second-order valence-electron chi connectivity index (χ2n) is 4.18. The third-order valence-electron chi connectivity index (χ3n) is 3.10. The van der Waals surface area contributed by atoms with E-state index < -0.39 is 0 Å². The van der Waals surface area contributed by atoms with E-state index in [4.69, 9.17) is 0 Å². The van der Waals surface area contributed by atoms with Crippen LogP contribution in [0.1, 0.15) is 0 Å². The summed E-state index contributed by atoms with van der Waals surface area (Å²) in [4.78, 5) is 17.7. The zero-order valence-corrected chi connectivity index (χ0v) is 9.11.